The summed E-state index contributed by atoms with van der Waals surface area (Å²) in [5.41, 5.74) is 1.90. The standard InChI is InChI=1S/C17H20FN3O2/c1-19-17(23)15-8-12(18)10-21(15)16(22)9-13-7-11-5-3-4-6-14(11)20(13)2/h3-7,12,15H,8-10H2,1-2H3,(H,19,23)/t12-,15+/m1/s1. The smallest absolute Gasteiger partial charge is 0.242 e. The van der Waals surface area contributed by atoms with Crippen LogP contribution in [0.5, 0.6) is 0 Å². The molecule has 2 amide bonds. The van der Waals surface area contributed by atoms with Crippen LogP contribution in [0.4, 0.5) is 4.39 Å². The maximum Gasteiger partial charge on any atom is 0.242 e. The SMILES string of the molecule is CNC(=O)[C@@H]1C[C@@H](F)CN1C(=O)Cc1cc2ccccc2n1C. The number of carbonyl (C=O) groups is 2. The second-order valence-electron chi connectivity index (χ2n) is 5.94. The van der Waals surface area contributed by atoms with Gasteiger partial charge in [-0.15, -0.1) is 0 Å². The Morgan fingerprint density at radius 2 is 2.09 bits per heavy atom. The van der Waals surface area contributed by atoms with E-state index in [9.17, 15) is 14.0 Å². The van der Waals surface area contributed by atoms with E-state index in [0.29, 0.717) is 0 Å². The van der Waals surface area contributed by atoms with Gasteiger partial charge in [0.05, 0.1) is 13.0 Å². The van der Waals surface area contributed by atoms with Gasteiger partial charge in [0, 0.05) is 31.7 Å². The number of halogens is 1. The van der Waals surface area contributed by atoms with Crippen molar-refractivity contribution in [3.63, 3.8) is 0 Å². The van der Waals surface area contributed by atoms with Gasteiger partial charge in [0.1, 0.15) is 12.2 Å². The van der Waals surface area contributed by atoms with Crippen LogP contribution in [-0.2, 0) is 23.1 Å². The third-order valence-electron chi connectivity index (χ3n) is 4.50. The highest BCUT2D eigenvalue weighted by atomic mass is 19.1. The molecular formula is C17H20FN3O2. The molecule has 0 spiro atoms. The lowest BCUT2D eigenvalue weighted by atomic mass is 10.2. The number of aromatic nitrogens is 1. The number of aryl methyl sites for hydroxylation is 1. The number of rotatable bonds is 3. The van der Waals surface area contributed by atoms with Crippen molar-refractivity contribution in [2.24, 2.45) is 7.05 Å². The van der Waals surface area contributed by atoms with Gasteiger partial charge in [-0.3, -0.25) is 9.59 Å². The molecule has 122 valence electrons. The molecule has 0 unspecified atom stereocenters. The largest absolute Gasteiger partial charge is 0.357 e. The monoisotopic (exact) mass is 317 g/mol. The maximum absolute atomic E-state index is 13.7. The summed E-state index contributed by atoms with van der Waals surface area (Å²) in [7, 11) is 3.41. The summed E-state index contributed by atoms with van der Waals surface area (Å²) in [6.07, 6.45) is -0.917. The number of likely N-dealkylation sites (N-methyl/N-ethyl adjacent to an activating group) is 1. The normalized spacial score (nSPS) is 20.9. The number of amides is 2. The highest BCUT2D eigenvalue weighted by Crippen LogP contribution is 2.23. The lowest BCUT2D eigenvalue weighted by Crippen LogP contribution is -2.45. The fourth-order valence-electron chi connectivity index (χ4n) is 3.25. The maximum atomic E-state index is 13.7. The van der Waals surface area contributed by atoms with Crippen molar-refractivity contribution < 1.29 is 14.0 Å². The molecule has 5 nitrogen and oxygen atoms in total. The predicted octanol–water partition coefficient (Wildman–Crippen LogP) is 1.41. The van der Waals surface area contributed by atoms with Gasteiger partial charge in [-0.1, -0.05) is 18.2 Å². The molecule has 1 aromatic heterocycles. The Morgan fingerprint density at radius 1 is 1.35 bits per heavy atom. The zero-order chi connectivity index (χ0) is 16.6. The van der Waals surface area contributed by atoms with E-state index in [1.807, 2.05) is 41.9 Å². The minimum atomic E-state index is -1.14. The summed E-state index contributed by atoms with van der Waals surface area (Å²) < 4.78 is 15.7. The third-order valence-corrected chi connectivity index (χ3v) is 4.50. The average Bonchev–Trinajstić information content (AvgIpc) is 3.08. The van der Waals surface area contributed by atoms with Crippen LogP contribution in [0, 0.1) is 0 Å². The van der Waals surface area contributed by atoms with E-state index in [4.69, 9.17) is 0 Å². The van der Waals surface area contributed by atoms with Gasteiger partial charge >= 0.3 is 0 Å². The van der Waals surface area contributed by atoms with Crippen molar-refractivity contribution in [2.45, 2.75) is 25.1 Å². The topological polar surface area (TPSA) is 54.3 Å². The summed E-state index contributed by atoms with van der Waals surface area (Å²) in [5, 5.41) is 3.56. The number of hydrogen-bond acceptors (Lipinski definition) is 2. The van der Waals surface area contributed by atoms with Gasteiger partial charge in [-0.05, 0) is 17.5 Å². The highest BCUT2D eigenvalue weighted by molar-refractivity contribution is 5.90. The van der Waals surface area contributed by atoms with Crippen molar-refractivity contribution in [3.05, 3.63) is 36.0 Å². The molecule has 0 saturated carbocycles. The van der Waals surface area contributed by atoms with Gasteiger partial charge in [0.2, 0.25) is 11.8 Å². The van der Waals surface area contributed by atoms with Crippen molar-refractivity contribution >= 4 is 22.7 Å². The predicted molar refractivity (Wildman–Crippen MR) is 85.7 cm³/mol. The summed E-state index contributed by atoms with van der Waals surface area (Å²) in [5.74, 6) is -0.528. The van der Waals surface area contributed by atoms with Gasteiger partial charge < -0.3 is 14.8 Å². The molecule has 0 bridgehead atoms. The quantitative estimate of drug-likeness (QED) is 0.930. The second kappa shape index (κ2) is 6.02. The molecule has 0 aliphatic carbocycles. The van der Waals surface area contributed by atoms with Gasteiger partial charge in [-0.25, -0.2) is 4.39 Å². The van der Waals surface area contributed by atoms with E-state index < -0.39 is 12.2 Å². The van der Waals surface area contributed by atoms with Crippen LogP contribution < -0.4 is 5.32 Å². The van der Waals surface area contributed by atoms with E-state index in [0.717, 1.165) is 16.6 Å². The summed E-state index contributed by atoms with van der Waals surface area (Å²) in [6, 6.07) is 9.13. The number of nitrogens with zero attached hydrogens (tertiary/aromatic N) is 2. The van der Waals surface area contributed by atoms with Crippen LogP contribution in [0.3, 0.4) is 0 Å². The number of alkyl halides is 1. The fraction of sp³-hybridized carbons (Fsp3) is 0.412. The van der Waals surface area contributed by atoms with Crippen LogP contribution in [-0.4, -0.2) is 47.1 Å². The van der Waals surface area contributed by atoms with Crippen molar-refractivity contribution in [1.29, 1.82) is 0 Å². The molecule has 23 heavy (non-hydrogen) atoms. The first-order valence-electron chi connectivity index (χ1n) is 7.69. The Morgan fingerprint density at radius 3 is 2.78 bits per heavy atom. The molecule has 1 aliphatic heterocycles. The number of nitrogens with one attached hydrogen (secondary N) is 1. The summed E-state index contributed by atoms with van der Waals surface area (Å²) in [6.45, 7) is -0.0130. The molecule has 1 saturated heterocycles. The zero-order valence-corrected chi connectivity index (χ0v) is 13.3. The Balaban J connectivity index is 1.82. The van der Waals surface area contributed by atoms with Crippen LogP contribution in [0.25, 0.3) is 10.9 Å². The number of carbonyl (C=O) groups excluding carboxylic acids is 2. The highest BCUT2D eigenvalue weighted by Gasteiger charge is 2.39. The van der Waals surface area contributed by atoms with Crippen LogP contribution in [0.2, 0.25) is 0 Å². The lowest BCUT2D eigenvalue weighted by molar-refractivity contribution is -0.137. The number of likely N-dealkylation sites (tertiary alicyclic amines) is 1. The number of para-hydroxylation sites is 1. The van der Waals surface area contributed by atoms with E-state index in [2.05, 4.69) is 5.32 Å². The zero-order valence-electron chi connectivity index (χ0n) is 13.3. The number of benzene rings is 1. The van der Waals surface area contributed by atoms with E-state index in [1.54, 1.807) is 0 Å². The van der Waals surface area contributed by atoms with Gasteiger partial charge in [0.15, 0.2) is 0 Å². The number of fused-ring (bicyclic) bond motifs is 1. The Bertz CT molecular complexity index is 755. The Labute approximate surface area is 134 Å². The molecule has 1 aromatic carbocycles. The van der Waals surface area contributed by atoms with Gasteiger partial charge in [0.25, 0.3) is 0 Å². The first-order chi connectivity index (χ1) is 11.0. The number of hydrogen-bond donors (Lipinski definition) is 1. The van der Waals surface area contributed by atoms with E-state index >= 15 is 0 Å². The average molecular weight is 317 g/mol. The molecule has 2 heterocycles. The fourth-order valence-corrected chi connectivity index (χ4v) is 3.25. The van der Waals surface area contributed by atoms with Crippen LogP contribution >= 0.6 is 0 Å². The van der Waals surface area contributed by atoms with Crippen LogP contribution in [0.1, 0.15) is 12.1 Å². The molecular weight excluding hydrogens is 297 g/mol. The first kappa shape index (κ1) is 15.5. The molecule has 1 N–H and O–H groups in total. The molecule has 1 fully saturated rings. The van der Waals surface area contributed by atoms with Crippen molar-refractivity contribution in [1.82, 2.24) is 14.8 Å². The van der Waals surface area contributed by atoms with Crippen molar-refractivity contribution in [2.75, 3.05) is 13.6 Å². The molecule has 6 heteroatoms. The summed E-state index contributed by atoms with van der Waals surface area (Å²) in [4.78, 5) is 25.8. The Kier molecular flexibility index (Phi) is 4.07. The Hall–Kier alpha value is -2.37. The molecule has 2 aromatic rings. The minimum absolute atomic E-state index is 0.0130. The summed E-state index contributed by atoms with van der Waals surface area (Å²) >= 11 is 0. The first-order valence-corrected chi connectivity index (χ1v) is 7.69. The minimum Gasteiger partial charge on any atom is -0.357 e. The van der Waals surface area contributed by atoms with Gasteiger partial charge in [-0.2, -0.15) is 0 Å². The lowest BCUT2D eigenvalue weighted by Gasteiger charge is -2.23. The molecule has 3 rings (SSSR count). The van der Waals surface area contributed by atoms with Crippen LogP contribution in [0.15, 0.2) is 30.3 Å². The second-order valence-corrected chi connectivity index (χ2v) is 5.94. The van der Waals surface area contributed by atoms with Crippen molar-refractivity contribution in [3.8, 4) is 0 Å². The third kappa shape index (κ3) is 2.81. The van der Waals surface area contributed by atoms with E-state index in [-0.39, 0.29) is 31.2 Å². The molecule has 1 aliphatic rings. The van der Waals surface area contributed by atoms with E-state index in [1.165, 1.54) is 11.9 Å². The molecule has 2 atom stereocenters. The molecule has 0 radical (unpaired) electrons.